The van der Waals surface area contributed by atoms with Crippen LogP contribution in [0.15, 0.2) is 117 Å². The summed E-state index contributed by atoms with van der Waals surface area (Å²) in [5.74, 6) is 8.22. The quantitative estimate of drug-likeness (QED) is 0.228. The van der Waals surface area contributed by atoms with E-state index in [-0.39, 0.29) is 54.3 Å². The van der Waals surface area contributed by atoms with Crippen LogP contribution in [0.25, 0.3) is 0 Å². The topological polar surface area (TPSA) is 4.93 Å². The van der Waals surface area contributed by atoms with Crippen molar-refractivity contribution in [3.63, 3.8) is 0 Å². The van der Waals surface area contributed by atoms with Gasteiger partial charge < -0.3 is 4.57 Å². The molecule has 1 heterocycles. The van der Waals surface area contributed by atoms with Crippen LogP contribution in [-0.2, 0) is 16.4 Å². The molecule has 1 saturated carbocycles. The van der Waals surface area contributed by atoms with Gasteiger partial charge in [-0.15, -0.1) is 0 Å². The molecule has 7 aliphatic carbocycles. The van der Waals surface area contributed by atoms with Crippen LogP contribution in [-0.4, -0.2) is 4.57 Å². The van der Waals surface area contributed by atoms with Crippen LogP contribution in [0.3, 0.4) is 0 Å². The maximum atomic E-state index is 2.53. The largest absolute Gasteiger partial charge is 0.345 e. The zero-order valence-electron chi connectivity index (χ0n) is 107. The average molecular weight is 1890 g/mol. The van der Waals surface area contributed by atoms with Crippen LogP contribution in [0.1, 0.15) is 548 Å². The maximum Gasteiger partial charge on any atom is 0.0358 e. The van der Waals surface area contributed by atoms with E-state index in [1.807, 2.05) is 0 Å². The molecular weight excluding hydrogens is 1640 g/mol. The van der Waals surface area contributed by atoms with Crippen LogP contribution in [0.5, 0.6) is 0 Å². The van der Waals surface area contributed by atoms with Gasteiger partial charge in [-0.3, -0.25) is 0 Å². The predicted molar refractivity (Wildman–Crippen MR) is 623 cm³/mol. The highest BCUT2D eigenvalue weighted by Crippen LogP contribution is 2.63. The lowest BCUT2D eigenvalue weighted by molar-refractivity contribution is 0.0300. The van der Waals surface area contributed by atoms with Crippen molar-refractivity contribution in [1.29, 1.82) is 0 Å². The standard InChI is InChI=1S/C17H34.3C17H32.3C17H30.C16H29N/c7*1-15(2,3)12-10-11-13(16(4,5)6)14(12)17(7,8)9;1-14(2,3)12-10-11-17(16(7,8)9)13(12)15(4,5)6/h12-14H,10-11H2,1-9H3;12H,10-11H2,1-9H3;10,13-14H,11H2,1-9H3;10-14H,1-9H3;10H,11H2,1-9H3;10-11,14H,1-9H3;10-12H,1-9H3;10-11H,1-9H3. The van der Waals surface area contributed by atoms with Crippen LogP contribution in [0.2, 0.25) is 0 Å². The number of hydrogen-bond donors (Lipinski definition) is 0. The van der Waals surface area contributed by atoms with E-state index in [0.717, 1.165) is 47.8 Å². The molecule has 0 aromatic carbocycles. The Labute approximate surface area is 858 Å². The molecule has 0 saturated heterocycles. The Bertz CT molecular complexity index is 4090. The highest BCUT2D eigenvalue weighted by Gasteiger charge is 2.54. The molecule has 8 atom stereocenters. The van der Waals surface area contributed by atoms with Crippen molar-refractivity contribution < 1.29 is 0 Å². The first-order chi connectivity index (χ1) is 58.8. The second kappa shape index (κ2) is 43.2. The van der Waals surface area contributed by atoms with Gasteiger partial charge in [0.2, 0.25) is 0 Å². The molecule has 1 aromatic rings. The monoisotopic (exact) mass is 1880 g/mol. The van der Waals surface area contributed by atoms with E-state index in [9.17, 15) is 0 Å². The number of rotatable bonds is 0. The van der Waals surface area contributed by atoms with Gasteiger partial charge in [0.05, 0.1) is 0 Å². The van der Waals surface area contributed by atoms with E-state index in [2.05, 4.69) is 564 Å². The molecule has 794 valence electrons. The first-order valence-electron chi connectivity index (χ1n) is 55.5. The predicted octanol–water partition coefficient (Wildman–Crippen LogP) is 44.6. The second-order valence-corrected chi connectivity index (χ2v) is 69.9. The van der Waals surface area contributed by atoms with Gasteiger partial charge in [0.25, 0.3) is 0 Å². The molecule has 0 aliphatic heterocycles. The summed E-state index contributed by atoms with van der Waals surface area (Å²) in [6.45, 7) is 170. The number of aromatic nitrogens is 1. The minimum absolute atomic E-state index is 0.145. The molecule has 136 heavy (non-hydrogen) atoms. The highest BCUT2D eigenvalue weighted by molar-refractivity contribution is 5.51. The molecule has 0 N–H and O–H groups in total. The third kappa shape index (κ3) is 36.9. The van der Waals surface area contributed by atoms with Crippen LogP contribution < -0.4 is 0 Å². The molecule has 0 spiro atoms. The van der Waals surface area contributed by atoms with E-state index >= 15 is 0 Å². The molecular formula is C135H249N. The molecule has 8 unspecified atom stereocenters. The zero-order valence-corrected chi connectivity index (χ0v) is 107. The summed E-state index contributed by atoms with van der Waals surface area (Å²) in [4.78, 5) is 0. The third-order valence-corrected chi connectivity index (χ3v) is 31.5. The Morgan fingerprint density at radius 2 is 0.640 bits per heavy atom. The Hall–Kier alpha value is -3.06. The number of nitrogens with zero attached hydrogens (tertiary/aromatic N) is 1. The van der Waals surface area contributed by atoms with Crippen molar-refractivity contribution in [3.8, 4) is 0 Å². The first-order valence-corrected chi connectivity index (χ1v) is 55.5. The van der Waals surface area contributed by atoms with Gasteiger partial charge >= 0.3 is 0 Å². The SMILES string of the molecule is CC(C)(C)C1=C(C(C)(C)C)C(C(C)(C)C)C=C1.CC(C)(C)C1=C(C(C)(C)C)C(C(C)(C)C)CC1.CC(C)(C)C1=CC=C(C(C)(C)C)C1C(C)(C)C.CC(C)(C)C1=CCC(C(C)(C)C)=C1C(C)(C)C.CC(C)(C)C1=CCC(C(C)(C)C)C1C(C)(C)C.CC(C)(C)C1C=CC(C(C)(C)C)C1C(C)(C)C.CC(C)(C)C1CCC(C(C)(C)C)C1C(C)(C)C.CC(C)(C)c1ccn(C(C)(C)C)c1C(C)(C)C. The van der Waals surface area contributed by atoms with Crippen molar-refractivity contribution >= 4 is 0 Å². The van der Waals surface area contributed by atoms with Gasteiger partial charge in [0.1, 0.15) is 0 Å². The Morgan fingerprint density at radius 3 is 0.890 bits per heavy atom. The van der Waals surface area contributed by atoms with Crippen molar-refractivity contribution in [2.75, 3.05) is 0 Å². The van der Waals surface area contributed by atoms with E-state index in [1.54, 1.807) is 55.7 Å². The van der Waals surface area contributed by atoms with Gasteiger partial charge in [-0.1, -0.05) is 565 Å². The first kappa shape index (κ1) is 131. The lowest BCUT2D eigenvalue weighted by atomic mass is 9.59. The van der Waals surface area contributed by atoms with Crippen molar-refractivity contribution in [3.05, 3.63) is 128 Å². The fourth-order valence-corrected chi connectivity index (χ4v) is 25.2. The van der Waals surface area contributed by atoms with E-state index in [1.165, 1.54) is 43.4 Å². The summed E-state index contributed by atoms with van der Waals surface area (Å²) in [5, 5.41) is 0. The second-order valence-electron chi connectivity index (χ2n) is 69.9. The minimum atomic E-state index is 0.145. The summed E-state index contributed by atoms with van der Waals surface area (Å²) >= 11 is 0. The van der Waals surface area contributed by atoms with E-state index in [0.29, 0.717) is 99.5 Å². The fourth-order valence-electron chi connectivity index (χ4n) is 25.2. The van der Waals surface area contributed by atoms with Gasteiger partial charge in [0.15, 0.2) is 0 Å². The fraction of sp³-hybridized carbons (Fsp3) is 0.837. The Kier molecular flexibility index (Phi) is 41.6. The molecule has 1 nitrogen and oxygen atoms in total. The number of allylic oxidation sites excluding steroid dienone is 18. The molecule has 1 aromatic heterocycles. The van der Waals surface area contributed by atoms with Crippen LogP contribution in [0, 0.1) is 179 Å². The lowest BCUT2D eigenvalue weighted by Gasteiger charge is -2.46. The average Bonchev–Trinajstić information content (AvgIpc) is 1.65. The normalized spacial score (nSPS) is 23.6. The Balaban J connectivity index is 0.000000777. The third-order valence-electron chi connectivity index (χ3n) is 31.5. The zero-order chi connectivity index (χ0) is 109. The summed E-state index contributed by atoms with van der Waals surface area (Å²) in [7, 11) is 0. The van der Waals surface area contributed by atoms with Crippen molar-refractivity contribution in [1.82, 2.24) is 4.57 Å². The summed E-state index contributed by atoms with van der Waals surface area (Å²) in [5.41, 5.74) is 26.9. The summed E-state index contributed by atoms with van der Waals surface area (Å²) in [6.07, 6.45) is 29.7. The molecule has 1 fully saturated rings. The lowest BCUT2D eigenvalue weighted by Crippen LogP contribution is -2.40. The van der Waals surface area contributed by atoms with E-state index < -0.39 is 0 Å². The van der Waals surface area contributed by atoms with Crippen molar-refractivity contribution in [2.24, 2.45) is 179 Å². The van der Waals surface area contributed by atoms with Gasteiger partial charge in [-0.05, 0) is 260 Å². The van der Waals surface area contributed by atoms with Gasteiger partial charge in [-0.25, -0.2) is 0 Å². The minimum Gasteiger partial charge on any atom is -0.345 e. The van der Waals surface area contributed by atoms with E-state index in [4.69, 9.17) is 0 Å². The van der Waals surface area contributed by atoms with Crippen LogP contribution >= 0.6 is 0 Å². The molecule has 0 amide bonds. The van der Waals surface area contributed by atoms with Crippen LogP contribution in [0.4, 0.5) is 0 Å². The smallest absolute Gasteiger partial charge is 0.0358 e. The summed E-state index contributed by atoms with van der Waals surface area (Å²) < 4.78 is 2.44. The van der Waals surface area contributed by atoms with Gasteiger partial charge in [-0.2, -0.15) is 0 Å². The van der Waals surface area contributed by atoms with Crippen molar-refractivity contribution in [2.45, 2.75) is 553 Å². The molecule has 7 aliphatic rings. The highest BCUT2D eigenvalue weighted by atomic mass is 15.1. The summed E-state index contributed by atoms with van der Waals surface area (Å²) in [6, 6.07) is 2.30. The Morgan fingerprint density at radius 1 is 0.272 bits per heavy atom. The number of hydrogen-bond acceptors (Lipinski definition) is 0. The molecule has 0 radical (unpaired) electrons. The molecule has 1 heteroatoms. The molecule has 8 rings (SSSR count). The molecule has 0 bridgehead atoms. The van der Waals surface area contributed by atoms with Gasteiger partial charge in [0, 0.05) is 34.7 Å². The maximum absolute atomic E-state index is 2.53.